The molecule has 0 spiro atoms. The van der Waals surface area contributed by atoms with Gasteiger partial charge in [-0.05, 0) is 31.2 Å². The van der Waals surface area contributed by atoms with E-state index in [1.54, 1.807) is 20.3 Å². The van der Waals surface area contributed by atoms with Crippen LogP contribution in [-0.2, 0) is 13.1 Å². The van der Waals surface area contributed by atoms with Crippen molar-refractivity contribution in [2.75, 3.05) is 20.8 Å². The summed E-state index contributed by atoms with van der Waals surface area (Å²) in [5.74, 6) is 2.26. The van der Waals surface area contributed by atoms with Gasteiger partial charge in [-0.25, -0.2) is 0 Å². The molecule has 0 atom stereocenters. The van der Waals surface area contributed by atoms with Crippen LogP contribution >= 0.6 is 0 Å². The zero-order valence-electron chi connectivity index (χ0n) is 13.8. The van der Waals surface area contributed by atoms with Crippen molar-refractivity contribution >= 4 is 0 Å². The van der Waals surface area contributed by atoms with Gasteiger partial charge < -0.3 is 24.6 Å². The number of nitrogens with one attached hydrogen (secondary N) is 1. The second-order valence-corrected chi connectivity index (χ2v) is 4.98. The van der Waals surface area contributed by atoms with Crippen LogP contribution in [0, 0.1) is 0 Å². The van der Waals surface area contributed by atoms with E-state index >= 15 is 0 Å². The molecule has 5 heteroatoms. The van der Waals surface area contributed by atoms with E-state index in [9.17, 15) is 5.11 Å². The third-order valence-electron chi connectivity index (χ3n) is 3.50. The lowest BCUT2D eigenvalue weighted by Gasteiger charge is -2.13. The van der Waals surface area contributed by atoms with Crippen molar-refractivity contribution in [2.45, 2.75) is 20.0 Å². The van der Waals surface area contributed by atoms with Crippen LogP contribution in [-0.4, -0.2) is 25.9 Å². The number of hydrogen-bond donors (Lipinski definition) is 2. The lowest BCUT2D eigenvalue weighted by atomic mass is 10.1. The number of ether oxygens (including phenoxy) is 3. The molecule has 124 valence electrons. The van der Waals surface area contributed by atoms with E-state index in [0.717, 1.165) is 22.6 Å². The number of phenols is 1. The first-order valence-electron chi connectivity index (χ1n) is 7.54. The van der Waals surface area contributed by atoms with E-state index in [0.29, 0.717) is 25.4 Å². The van der Waals surface area contributed by atoms with E-state index < -0.39 is 0 Å². The Morgan fingerprint density at radius 2 is 1.74 bits per heavy atom. The van der Waals surface area contributed by atoms with Crippen LogP contribution in [0.2, 0.25) is 0 Å². The molecule has 2 aromatic carbocycles. The van der Waals surface area contributed by atoms with Gasteiger partial charge in [0.15, 0.2) is 11.5 Å². The molecule has 2 N–H and O–H groups in total. The third-order valence-corrected chi connectivity index (χ3v) is 3.50. The molecule has 0 radical (unpaired) electrons. The van der Waals surface area contributed by atoms with Crippen molar-refractivity contribution < 1.29 is 19.3 Å². The molecule has 0 saturated heterocycles. The van der Waals surface area contributed by atoms with Gasteiger partial charge in [-0.3, -0.25) is 0 Å². The Kier molecular flexibility index (Phi) is 6.11. The van der Waals surface area contributed by atoms with Gasteiger partial charge in [0.05, 0.1) is 20.8 Å². The highest BCUT2D eigenvalue weighted by Crippen LogP contribution is 2.30. The monoisotopic (exact) mass is 317 g/mol. The quantitative estimate of drug-likeness (QED) is 0.783. The van der Waals surface area contributed by atoms with Crippen molar-refractivity contribution in [3.05, 3.63) is 47.5 Å². The van der Waals surface area contributed by atoms with Gasteiger partial charge in [-0.1, -0.05) is 12.1 Å². The first-order valence-corrected chi connectivity index (χ1v) is 7.54. The molecule has 23 heavy (non-hydrogen) atoms. The standard InChI is InChI=1S/C18H23NO4/c1-4-23-17-7-5-6-13(18(17)20)11-19-12-14-10-15(21-2)8-9-16(14)22-3/h5-10,19-20H,4,11-12H2,1-3H3. The number of benzene rings is 2. The van der Waals surface area contributed by atoms with Gasteiger partial charge in [0, 0.05) is 24.2 Å². The fraction of sp³-hybridized carbons (Fsp3) is 0.333. The predicted octanol–water partition coefficient (Wildman–Crippen LogP) is 3.10. The topological polar surface area (TPSA) is 60.0 Å². The van der Waals surface area contributed by atoms with Gasteiger partial charge in [0.25, 0.3) is 0 Å². The van der Waals surface area contributed by atoms with Crippen LogP contribution < -0.4 is 19.5 Å². The number of phenolic OH excluding ortho intramolecular Hbond substituents is 1. The first-order chi connectivity index (χ1) is 11.2. The van der Waals surface area contributed by atoms with E-state index in [1.165, 1.54) is 0 Å². The van der Waals surface area contributed by atoms with Crippen LogP contribution in [0.1, 0.15) is 18.1 Å². The molecule has 2 rings (SSSR count). The van der Waals surface area contributed by atoms with Crippen molar-refractivity contribution in [1.29, 1.82) is 0 Å². The van der Waals surface area contributed by atoms with Crippen molar-refractivity contribution in [1.82, 2.24) is 5.32 Å². The van der Waals surface area contributed by atoms with Crippen LogP contribution in [0.3, 0.4) is 0 Å². The smallest absolute Gasteiger partial charge is 0.162 e. The van der Waals surface area contributed by atoms with Gasteiger partial charge >= 0.3 is 0 Å². The molecule has 0 unspecified atom stereocenters. The first kappa shape index (κ1) is 17.0. The summed E-state index contributed by atoms with van der Waals surface area (Å²) in [5, 5.41) is 13.5. The van der Waals surface area contributed by atoms with Crippen molar-refractivity contribution in [3.8, 4) is 23.0 Å². The van der Waals surface area contributed by atoms with Crippen LogP contribution in [0.25, 0.3) is 0 Å². The van der Waals surface area contributed by atoms with Crippen LogP contribution in [0.4, 0.5) is 0 Å². The lowest BCUT2D eigenvalue weighted by molar-refractivity contribution is 0.316. The predicted molar refractivity (Wildman–Crippen MR) is 89.4 cm³/mol. The molecule has 0 aromatic heterocycles. The number of aromatic hydroxyl groups is 1. The average Bonchev–Trinajstić information content (AvgIpc) is 2.58. The Bertz CT molecular complexity index is 643. The second kappa shape index (κ2) is 8.29. The third kappa shape index (κ3) is 4.29. The van der Waals surface area contributed by atoms with E-state index in [4.69, 9.17) is 14.2 Å². The maximum absolute atomic E-state index is 10.2. The Morgan fingerprint density at radius 1 is 0.957 bits per heavy atom. The highest BCUT2D eigenvalue weighted by Gasteiger charge is 2.09. The lowest BCUT2D eigenvalue weighted by Crippen LogP contribution is -2.13. The fourth-order valence-electron chi connectivity index (χ4n) is 2.33. The number of hydrogen-bond acceptors (Lipinski definition) is 5. The molecule has 2 aromatic rings. The minimum Gasteiger partial charge on any atom is -0.504 e. The molecule has 0 fully saturated rings. The summed E-state index contributed by atoms with van der Waals surface area (Å²) in [5.41, 5.74) is 1.78. The Balaban J connectivity index is 2.04. The number of rotatable bonds is 8. The molecule has 0 aliphatic carbocycles. The maximum atomic E-state index is 10.2. The Hall–Kier alpha value is -2.40. The summed E-state index contributed by atoms with van der Waals surface area (Å²) >= 11 is 0. The Labute approximate surface area is 136 Å². The second-order valence-electron chi connectivity index (χ2n) is 4.98. The molecule has 5 nitrogen and oxygen atoms in total. The highest BCUT2D eigenvalue weighted by molar-refractivity contribution is 5.45. The normalized spacial score (nSPS) is 10.4. The highest BCUT2D eigenvalue weighted by atomic mass is 16.5. The zero-order valence-corrected chi connectivity index (χ0v) is 13.8. The van der Waals surface area contributed by atoms with Crippen LogP contribution in [0.15, 0.2) is 36.4 Å². The Morgan fingerprint density at radius 3 is 2.43 bits per heavy atom. The molecule has 0 bridgehead atoms. The van der Waals surface area contributed by atoms with Gasteiger partial charge in [-0.15, -0.1) is 0 Å². The SMILES string of the molecule is CCOc1cccc(CNCc2cc(OC)ccc2OC)c1O. The summed E-state index contributed by atoms with van der Waals surface area (Å²) in [4.78, 5) is 0. The number of para-hydroxylation sites is 1. The molecule has 0 heterocycles. The summed E-state index contributed by atoms with van der Waals surface area (Å²) < 4.78 is 16.0. The number of methoxy groups -OCH3 is 2. The van der Waals surface area contributed by atoms with E-state index in [2.05, 4.69) is 5.32 Å². The molecule has 0 amide bonds. The molecular weight excluding hydrogens is 294 g/mol. The summed E-state index contributed by atoms with van der Waals surface area (Å²) in [6.07, 6.45) is 0. The molecule has 0 saturated carbocycles. The van der Waals surface area contributed by atoms with Crippen molar-refractivity contribution in [2.24, 2.45) is 0 Å². The fourth-order valence-corrected chi connectivity index (χ4v) is 2.33. The van der Waals surface area contributed by atoms with E-state index in [1.807, 2.05) is 37.3 Å². The summed E-state index contributed by atoms with van der Waals surface area (Å²) in [6, 6.07) is 11.2. The zero-order chi connectivity index (χ0) is 16.7. The van der Waals surface area contributed by atoms with Gasteiger partial charge in [-0.2, -0.15) is 0 Å². The minimum absolute atomic E-state index is 0.180. The molecular formula is C18H23NO4. The van der Waals surface area contributed by atoms with Gasteiger partial charge in [0.1, 0.15) is 11.5 Å². The van der Waals surface area contributed by atoms with Gasteiger partial charge in [0.2, 0.25) is 0 Å². The average molecular weight is 317 g/mol. The minimum atomic E-state index is 0.180. The molecule has 0 aliphatic rings. The summed E-state index contributed by atoms with van der Waals surface area (Å²) in [6.45, 7) is 3.52. The maximum Gasteiger partial charge on any atom is 0.162 e. The largest absolute Gasteiger partial charge is 0.504 e. The van der Waals surface area contributed by atoms with Crippen molar-refractivity contribution in [3.63, 3.8) is 0 Å². The van der Waals surface area contributed by atoms with E-state index in [-0.39, 0.29) is 5.75 Å². The summed E-state index contributed by atoms with van der Waals surface area (Å²) in [7, 11) is 3.28. The van der Waals surface area contributed by atoms with Crippen LogP contribution in [0.5, 0.6) is 23.0 Å². The molecule has 0 aliphatic heterocycles.